The number of aromatic amines is 1. The number of nitrogens with zero attached hydrogens (tertiary/aromatic N) is 1. The molecule has 1 aliphatic heterocycles. The molecule has 0 amide bonds. The molecule has 0 atom stereocenters. The van der Waals surface area contributed by atoms with Crippen molar-refractivity contribution in [1.29, 1.82) is 0 Å². The van der Waals surface area contributed by atoms with Gasteiger partial charge in [-0.25, -0.2) is 0 Å². The molecule has 1 fully saturated rings. The van der Waals surface area contributed by atoms with Crippen molar-refractivity contribution in [2.24, 2.45) is 0 Å². The lowest BCUT2D eigenvalue weighted by Crippen LogP contribution is -2.42. The van der Waals surface area contributed by atoms with E-state index in [-0.39, 0.29) is 24.8 Å². The van der Waals surface area contributed by atoms with Crippen LogP contribution < -0.4 is 5.32 Å². The minimum Gasteiger partial charge on any atom is -0.361 e. The molecule has 0 radical (unpaired) electrons. The average molecular weight is 288 g/mol. The number of fused-ring (bicyclic) bond motifs is 1. The fraction of sp³-hybridized carbons (Fsp3) is 0.385. The number of aromatic nitrogens is 1. The molecular weight excluding hydrogens is 269 g/mol. The summed E-state index contributed by atoms with van der Waals surface area (Å²) >= 11 is 0. The van der Waals surface area contributed by atoms with E-state index in [9.17, 15) is 0 Å². The molecule has 0 unspecified atom stereocenters. The van der Waals surface area contributed by atoms with Crippen LogP contribution in [0.2, 0.25) is 0 Å². The summed E-state index contributed by atoms with van der Waals surface area (Å²) in [5.74, 6) is 0. The van der Waals surface area contributed by atoms with Gasteiger partial charge in [-0.3, -0.25) is 4.90 Å². The second-order valence-corrected chi connectivity index (χ2v) is 4.39. The third-order valence-corrected chi connectivity index (χ3v) is 3.28. The Morgan fingerprint density at radius 1 is 1.06 bits per heavy atom. The number of piperazine rings is 1. The smallest absolute Gasteiger partial charge is 0.0457 e. The fourth-order valence-electron chi connectivity index (χ4n) is 2.37. The molecule has 3 nitrogen and oxygen atoms in total. The minimum atomic E-state index is 0. The molecule has 0 bridgehead atoms. The molecule has 0 saturated carbocycles. The van der Waals surface area contributed by atoms with E-state index in [2.05, 4.69) is 45.7 Å². The lowest BCUT2D eigenvalue weighted by atomic mass is 10.1. The molecule has 2 heterocycles. The van der Waals surface area contributed by atoms with Gasteiger partial charge in [0.15, 0.2) is 0 Å². The Labute approximate surface area is 120 Å². The third kappa shape index (κ3) is 3.18. The fourth-order valence-corrected chi connectivity index (χ4v) is 2.37. The Bertz CT molecular complexity index is 478. The topological polar surface area (TPSA) is 31.1 Å². The van der Waals surface area contributed by atoms with E-state index < -0.39 is 0 Å². The molecule has 0 aliphatic carbocycles. The van der Waals surface area contributed by atoms with Crippen LogP contribution in [0.4, 0.5) is 0 Å². The van der Waals surface area contributed by atoms with Crippen molar-refractivity contribution < 1.29 is 0 Å². The number of benzene rings is 1. The van der Waals surface area contributed by atoms with Gasteiger partial charge in [0.25, 0.3) is 0 Å². The number of para-hydroxylation sites is 1. The van der Waals surface area contributed by atoms with Gasteiger partial charge in [-0.15, -0.1) is 24.8 Å². The van der Waals surface area contributed by atoms with Crippen LogP contribution in [0.15, 0.2) is 30.5 Å². The Kier molecular flexibility index (Phi) is 5.96. The molecule has 1 aromatic heterocycles. The van der Waals surface area contributed by atoms with Gasteiger partial charge >= 0.3 is 0 Å². The normalized spacial score (nSPS) is 16.0. The summed E-state index contributed by atoms with van der Waals surface area (Å²) in [6.45, 7) is 5.59. The van der Waals surface area contributed by atoms with Gasteiger partial charge in [0, 0.05) is 49.8 Å². The van der Waals surface area contributed by atoms with Crippen LogP contribution in [0.3, 0.4) is 0 Å². The molecular formula is C13H19Cl2N3. The molecule has 18 heavy (non-hydrogen) atoms. The summed E-state index contributed by atoms with van der Waals surface area (Å²) in [6.07, 6.45) is 2.15. The van der Waals surface area contributed by atoms with Gasteiger partial charge in [0.1, 0.15) is 0 Å². The van der Waals surface area contributed by atoms with Crippen molar-refractivity contribution in [2.75, 3.05) is 26.2 Å². The number of rotatable bonds is 2. The second kappa shape index (κ2) is 7.00. The van der Waals surface area contributed by atoms with Crippen LogP contribution in [0.1, 0.15) is 5.56 Å². The van der Waals surface area contributed by atoms with Crippen molar-refractivity contribution in [2.45, 2.75) is 6.54 Å². The van der Waals surface area contributed by atoms with E-state index >= 15 is 0 Å². The number of halogens is 2. The minimum absolute atomic E-state index is 0. The van der Waals surface area contributed by atoms with E-state index in [4.69, 9.17) is 0 Å². The zero-order chi connectivity index (χ0) is 10.8. The van der Waals surface area contributed by atoms with Crippen molar-refractivity contribution in [1.82, 2.24) is 15.2 Å². The Morgan fingerprint density at radius 2 is 1.78 bits per heavy atom. The van der Waals surface area contributed by atoms with Gasteiger partial charge in [-0.05, 0) is 11.6 Å². The van der Waals surface area contributed by atoms with Gasteiger partial charge in [0.05, 0.1) is 0 Å². The monoisotopic (exact) mass is 287 g/mol. The van der Waals surface area contributed by atoms with Crippen LogP contribution in [-0.4, -0.2) is 36.1 Å². The maximum absolute atomic E-state index is 3.38. The predicted octanol–water partition coefficient (Wildman–Crippen LogP) is 2.42. The first-order valence-corrected chi connectivity index (χ1v) is 5.91. The Morgan fingerprint density at radius 3 is 2.56 bits per heavy atom. The van der Waals surface area contributed by atoms with E-state index in [1.165, 1.54) is 16.5 Å². The summed E-state index contributed by atoms with van der Waals surface area (Å²) in [5, 5.41) is 4.74. The first-order valence-electron chi connectivity index (χ1n) is 5.91. The first-order chi connectivity index (χ1) is 7.93. The molecule has 1 aliphatic rings. The Hall–Kier alpha value is -0.740. The van der Waals surface area contributed by atoms with Crippen molar-refractivity contribution in [3.63, 3.8) is 0 Å². The summed E-state index contributed by atoms with van der Waals surface area (Å²) in [7, 11) is 0. The summed E-state index contributed by atoms with van der Waals surface area (Å²) in [4.78, 5) is 5.84. The van der Waals surface area contributed by atoms with Crippen LogP contribution in [-0.2, 0) is 6.54 Å². The van der Waals surface area contributed by atoms with E-state index in [1.54, 1.807) is 0 Å². The lowest BCUT2D eigenvalue weighted by molar-refractivity contribution is 0.234. The highest BCUT2D eigenvalue weighted by Gasteiger charge is 2.11. The average Bonchev–Trinajstić information content (AvgIpc) is 2.74. The number of H-pyrrole nitrogens is 1. The van der Waals surface area contributed by atoms with E-state index in [0.717, 1.165) is 32.7 Å². The van der Waals surface area contributed by atoms with Gasteiger partial charge in [-0.1, -0.05) is 18.2 Å². The molecule has 2 aromatic rings. The molecule has 0 spiro atoms. The van der Waals surface area contributed by atoms with E-state index in [0.29, 0.717) is 0 Å². The van der Waals surface area contributed by atoms with Gasteiger partial charge in [-0.2, -0.15) is 0 Å². The Balaban J connectivity index is 0.000000810. The number of hydrogen-bond donors (Lipinski definition) is 2. The molecule has 1 saturated heterocycles. The van der Waals surface area contributed by atoms with E-state index in [1.807, 2.05) is 0 Å². The highest BCUT2D eigenvalue weighted by Crippen LogP contribution is 2.19. The first kappa shape index (κ1) is 15.3. The highest BCUT2D eigenvalue weighted by atomic mass is 35.5. The maximum atomic E-state index is 3.38. The molecule has 5 heteroatoms. The standard InChI is InChI=1S/C13H17N3.2ClH/c1-2-4-13-12(3-1)11(9-15-13)10-16-7-5-14-6-8-16;;/h1-4,9,14-15H,5-8,10H2;2*1H. The quantitative estimate of drug-likeness (QED) is 0.889. The van der Waals surface area contributed by atoms with Crippen LogP contribution in [0.5, 0.6) is 0 Å². The van der Waals surface area contributed by atoms with Crippen molar-refractivity contribution in [3.05, 3.63) is 36.0 Å². The lowest BCUT2D eigenvalue weighted by Gasteiger charge is -2.26. The SMILES string of the molecule is Cl.Cl.c1ccc2c(CN3CCNCC3)c[nH]c2c1. The summed E-state index contributed by atoms with van der Waals surface area (Å²) in [6, 6.07) is 8.52. The maximum Gasteiger partial charge on any atom is 0.0457 e. The van der Waals surface area contributed by atoms with Gasteiger partial charge in [0.2, 0.25) is 0 Å². The van der Waals surface area contributed by atoms with Gasteiger partial charge < -0.3 is 10.3 Å². The molecule has 100 valence electrons. The van der Waals surface area contributed by atoms with Crippen LogP contribution in [0.25, 0.3) is 10.9 Å². The van der Waals surface area contributed by atoms with Crippen LogP contribution in [0, 0.1) is 0 Å². The highest BCUT2D eigenvalue weighted by molar-refractivity contribution is 5.85. The van der Waals surface area contributed by atoms with Crippen molar-refractivity contribution in [3.8, 4) is 0 Å². The third-order valence-electron chi connectivity index (χ3n) is 3.28. The second-order valence-electron chi connectivity index (χ2n) is 4.39. The largest absolute Gasteiger partial charge is 0.361 e. The summed E-state index contributed by atoms with van der Waals surface area (Å²) < 4.78 is 0. The molecule has 3 rings (SSSR count). The predicted molar refractivity (Wildman–Crippen MR) is 80.9 cm³/mol. The summed E-state index contributed by atoms with van der Waals surface area (Å²) in [5.41, 5.74) is 2.66. The zero-order valence-electron chi connectivity index (χ0n) is 10.2. The molecule has 1 aromatic carbocycles. The van der Waals surface area contributed by atoms with Crippen LogP contribution >= 0.6 is 24.8 Å². The zero-order valence-corrected chi connectivity index (χ0v) is 11.8. The van der Waals surface area contributed by atoms with Crippen molar-refractivity contribution >= 4 is 35.7 Å². The number of nitrogens with one attached hydrogen (secondary N) is 2. The number of hydrogen-bond acceptors (Lipinski definition) is 2. The molecule has 2 N–H and O–H groups in total.